The molecule has 114 valence electrons. The Labute approximate surface area is 117 Å². The third-order valence-corrected chi connectivity index (χ3v) is 2.68. The van der Waals surface area contributed by atoms with E-state index in [4.69, 9.17) is 0 Å². The Hall–Kier alpha value is -2.98. The second-order valence-electron chi connectivity index (χ2n) is 4.17. The summed E-state index contributed by atoms with van der Waals surface area (Å²) in [6.45, 7) is 0. The largest absolute Gasteiger partial charge is 0.416 e. The summed E-state index contributed by atoms with van der Waals surface area (Å²) < 4.78 is 55.8. The van der Waals surface area contributed by atoms with Gasteiger partial charge >= 0.3 is 6.18 Å². The van der Waals surface area contributed by atoms with Gasteiger partial charge in [0.05, 0.1) is 11.3 Å². The number of hydrogen-bond donors (Lipinski definition) is 2. The van der Waals surface area contributed by atoms with Crippen LogP contribution in [0.4, 0.5) is 29.1 Å². The van der Waals surface area contributed by atoms with Gasteiger partial charge in [-0.3, -0.25) is 9.78 Å². The third-order valence-electron chi connectivity index (χ3n) is 2.68. The Morgan fingerprint density at radius 3 is 2.73 bits per heavy atom. The zero-order chi connectivity index (χ0) is 15.9. The highest BCUT2D eigenvalue weighted by molar-refractivity contribution is 5.67. The van der Waals surface area contributed by atoms with E-state index in [9.17, 15) is 22.4 Å². The number of benzene rings is 1. The van der Waals surface area contributed by atoms with Gasteiger partial charge in [-0.05, 0) is 28.5 Å². The summed E-state index contributed by atoms with van der Waals surface area (Å²) in [6, 6.07) is 1.75. The van der Waals surface area contributed by atoms with Crippen molar-refractivity contribution in [2.45, 2.75) is 6.18 Å². The maximum atomic E-state index is 13.6. The minimum absolute atomic E-state index is 0.0416. The van der Waals surface area contributed by atoms with E-state index in [1.165, 1.54) is 0 Å². The highest BCUT2D eigenvalue weighted by Crippen LogP contribution is 2.32. The van der Waals surface area contributed by atoms with E-state index >= 15 is 0 Å². The molecule has 2 aromatic heterocycles. The molecule has 0 aliphatic heterocycles. The number of hydrogen-bond acceptors (Lipinski definition) is 6. The predicted molar refractivity (Wildman–Crippen MR) is 64.9 cm³/mol. The number of H-pyrrole nitrogens is 1. The first kappa shape index (κ1) is 14.0. The van der Waals surface area contributed by atoms with E-state index in [0.29, 0.717) is 18.2 Å². The summed E-state index contributed by atoms with van der Waals surface area (Å²) in [5.41, 5.74) is -2.57. The van der Waals surface area contributed by atoms with Crippen molar-refractivity contribution in [1.82, 2.24) is 20.3 Å². The number of rotatable bonds is 2. The summed E-state index contributed by atoms with van der Waals surface area (Å²) in [4.78, 5) is 17.6. The molecule has 2 heterocycles. The van der Waals surface area contributed by atoms with Crippen LogP contribution < -0.4 is 10.9 Å². The molecule has 0 spiro atoms. The van der Waals surface area contributed by atoms with Crippen molar-refractivity contribution in [1.29, 1.82) is 0 Å². The second kappa shape index (κ2) is 4.79. The third kappa shape index (κ3) is 2.47. The molecule has 0 unspecified atom stereocenters. The monoisotopic (exact) mass is 315 g/mol. The first-order chi connectivity index (χ1) is 10.3. The Kier molecular flexibility index (Phi) is 3.04. The lowest BCUT2D eigenvalue weighted by Gasteiger charge is -2.10. The second-order valence-corrected chi connectivity index (χ2v) is 4.17. The quantitative estimate of drug-likeness (QED) is 0.704. The molecule has 0 aliphatic rings. The zero-order valence-corrected chi connectivity index (χ0v) is 10.4. The van der Waals surface area contributed by atoms with Gasteiger partial charge in [-0.25, -0.2) is 9.02 Å². The number of halogens is 4. The normalized spacial score (nSPS) is 11.8. The van der Waals surface area contributed by atoms with Crippen LogP contribution in [-0.2, 0) is 6.18 Å². The molecule has 11 heteroatoms. The number of nitrogens with one attached hydrogen (secondary N) is 2. The Bertz CT molecular complexity index is 901. The molecular weight excluding hydrogens is 310 g/mol. The average molecular weight is 315 g/mol. The standard InChI is InChI=1S/C11H5F4N5O2/c12-5-2-1-4(11(13,14)15)3-6(5)16-9-10(21)18-8-7(17-9)19-22-20-8/h1-3H,(H,16,17,19)(H,18,20,21). The van der Waals surface area contributed by atoms with Crippen molar-refractivity contribution in [3.8, 4) is 0 Å². The highest BCUT2D eigenvalue weighted by Gasteiger charge is 2.31. The lowest BCUT2D eigenvalue weighted by molar-refractivity contribution is -0.137. The molecule has 0 radical (unpaired) electrons. The highest BCUT2D eigenvalue weighted by atomic mass is 19.4. The Morgan fingerprint density at radius 1 is 1.23 bits per heavy atom. The lowest BCUT2D eigenvalue weighted by Crippen LogP contribution is -2.15. The fourth-order valence-corrected chi connectivity index (χ4v) is 1.67. The molecule has 1 aromatic carbocycles. The molecule has 0 saturated heterocycles. The van der Waals surface area contributed by atoms with E-state index in [2.05, 4.69) is 30.2 Å². The molecule has 2 N–H and O–H groups in total. The summed E-state index contributed by atoms with van der Waals surface area (Å²) in [6.07, 6.45) is -4.65. The van der Waals surface area contributed by atoms with Crippen LogP contribution in [0.5, 0.6) is 0 Å². The van der Waals surface area contributed by atoms with Crippen molar-refractivity contribution in [2.75, 3.05) is 5.32 Å². The fourth-order valence-electron chi connectivity index (χ4n) is 1.67. The van der Waals surface area contributed by atoms with Crippen LogP contribution in [0.1, 0.15) is 5.56 Å². The molecule has 0 fully saturated rings. The van der Waals surface area contributed by atoms with Crippen LogP contribution in [0.3, 0.4) is 0 Å². The average Bonchev–Trinajstić information content (AvgIpc) is 2.87. The number of aromatic amines is 1. The van der Waals surface area contributed by atoms with Crippen molar-refractivity contribution in [3.05, 3.63) is 39.9 Å². The van der Waals surface area contributed by atoms with Crippen molar-refractivity contribution < 1.29 is 22.2 Å². The maximum absolute atomic E-state index is 13.6. The zero-order valence-electron chi connectivity index (χ0n) is 10.4. The van der Waals surface area contributed by atoms with E-state index in [-0.39, 0.29) is 11.3 Å². The summed E-state index contributed by atoms with van der Waals surface area (Å²) in [5, 5.41) is 8.89. The van der Waals surface area contributed by atoms with Gasteiger partial charge in [0.15, 0.2) is 5.82 Å². The lowest BCUT2D eigenvalue weighted by atomic mass is 10.2. The number of anilines is 2. The van der Waals surface area contributed by atoms with Crippen LogP contribution in [0, 0.1) is 5.82 Å². The molecule has 0 amide bonds. The van der Waals surface area contributed by atoms with Gasteiger partial charge in [-0.2, -0.15) is 18.2 Å². The number of aromatic nitrogens is 4. The van der Waals surface area contributed by atoms with Crippen LogP contribution in [0.15, 0.2) is 27.6 Å². The molecule has 0 atom stereocenters. The van der Waals surface area contributed by atoms with Gasteiger partial charge in [0.1, 0.15) is 5.82 Å². The van der Waals surface area contributed by atoms with Gasteiger partial charge in [0.2, 0.25) is 11.3 Å². The van der Waals surface area contributed by atoms with Crippen LogP contribution in [-0.4, -0.2) is 20.3 Å². The predicted octanol–water partition coefficient (Wildman–Crippen LogP) is 2.21. The van der Waals surface area contributed by atoms with Gasteiger partial charge in [-0.1, -0.05) is 0 Å². The minimum atomic E-state index is -4.65. The number of fused-ring (bicyclic) bond motifs is 1. The van der Waals surface area contributed by atoms with Gasteiger partial charge in [0.25, 0.3) is 5.56 Å². The number of nitrogens with zero attached hydrogens (tertiary/aromatic N) is 3. The summed E-state index contributed by atoms with van der Waals surface area (Å²) in [5.74, 6) is -1.42. The molecule has 0 bridgehead atoms. The molecule has 7 nitrogen and oxygen atoms in total. The van der Waals surface area contributed by atoms with Gasteiger partial charge < -0.3 is 5.32 Å². The van der Waals surface area contributed by atoms with Crippen LogP contribution in [0.2, 0.25) is 0 Å². The molecule has 3 rings (SSSR count). The maximum Gasteiger partial charge on any atom is 0.416 e. The summed E-state index contributed by atoms with van der Waals surface area (Å²) >= 11 is 0. The van der Waals surface area contributed by atoms with Crippen molar-refractivity contribution >= 4 is 22.8 Å². The topological polar surface area (TPSA) is 96.7 Å². The Balaban J connectivity index is 2.04. The Morgan fingerprint density at radius 2 is 2.00 bits per heavy atom. The minimum Gasteiger partial charge on any atom is -0.333 e. The molecule has 0 saturated carbocycles. The molecule has 22 heavy (non-hydrogen) atoms. The fraction of sp³-hybridized carbons (Fsp3) is 0.0909. The first-order valence-corrected chi connectivity index (χ1v) is 5.71. The summed E-state index contributed by atoms with van der Waals surface area (Å²) in [7, 11) is 0. The van der Waals surface area contributed by atoms with Gasteiger partial charge in [-0.15, -0.1) is 0 Å². The number of alkyl halides is 3. The van der Waals surface area contributed by atoms with E-state index in [1.54, 1.807) is 0 Å². The first-order valence-electron chi connectivity index (χ1n) is 5.71. The smallest absolute Gasteiger partial charge is 0.333 e. The van der Waals surface area contributed by atoms with E-state index < -0.39 is 34.6 Å². The molecular formula is C11H5F4N5O2. The van der Waals surface area contributed by atoms with E-state index in [0.717, 1.165) is 0 Å². The molecule has 3 aromatic rings. The van der Waals surface area contributed by atoms with Crippen LogP contribution >= 0.6 is 0 Å². The SMILES string of the molecule is O=c1[nH]c2nonc2nc1Nc1cc(C(F)(F)F)ccc1F. The van der Waals surface area contributed by atoms with Gasteiger partial charge in [0, 0.05) is 0 Å². The van der Waals surface area contributed by atoms with Crippen molar-refractivity contribution in [3.63, 3.8) is 0 Å². The molecule has 0 aliphatic carbocycles. The van der Waals surface area contributed by atoms with Crippen molar-refractivity contribution in [2.24, 2.45) is 0 Å². The van der Waals surface area contributed by atoms with Crippen LogP contribution in [0.25, 0.3) is 11.3 Å². The van der Waals surface area contributed by atoms with E-state index in [1.807, 2.05) is 0 Å².